The molecule has 0 aliphatic carbocycles. The normalized spacial score (nSPS) is 16.9. The Morgan fingerprint density at radius 2 is 2.06 bits per heavy atom. The Balaban J connectivity index is 1.68. The smallest absolute Gasteiger partial charge is 0.410 e. The van der Waals surface area contributed by atoms with E-state index in [-0.39, 0.29) is 6.61 Å². The molecule has 0 radical (unpaired) electrons. The molecule has 0 spiro atoms. The van der Waals surface area contributed by atoms with Crippen molar-refractivity contribution in [1.82, 2.24) is 14.4 Å². The van der Waals surface area contributed by atoms with Crippen molar-refractivity contribution in [1.29, 1.82) is 0 Å². The number of amides is 1. The molecule has 1 amide bonds. The van der Waals surface area contributed by atoms with Gasteiger partial charge in [0, 0.05) is 49.4 Å². The summed E-state index contributed by atoms with van der Waals surface area (Å²) in [4.78, 5) is 16.4. The lowest BCUT2D eigenvalue weighted by atomic mass is 10.0. The monoisotopic (exact) mass is 493 g/mol. The molecule has 1 aromatic carbocycles. The number of ether oxygens (including phenoxy) is 1. The van der Waals surface area contributed by atoms with Crippen molar-refractivity contribution in [3.8, 4) is 0 Å². The minimum absolute atomic E-state index is 0.277. The number of carbonyl (C=O) groups is 1. The van der Waals surface area contributed by atoms with Crippen LogP contribution in [0.2, 0.25) is 0 Å². The van der Waals surface area contributed by atoms with E-state index in [4.69, 9.17) is 39.5 Å². The first-order chi connectivity index (χ1) is 15.1. The van der Waals surface area contributed by atoms with Crippen LogP contribution in [0.1, 0.15) is 23.7 Å². The third kappa shape index (κ3) is 4.95. The molecular weight excluding hydrogens is 469 g/mol. The second-order valence-corrected chi connectivity index (χ2v) is 10.9. The van der Waals surface area contributed by atoms with E-state index in [1.165, 1.54) is 22.4 Å². The van der Waals surface area contributed by atoms with Crippen LogP contribution in [0, 0.1) is 6.92 Å². The first-order valence-corrected chi connectivity index (χ1v) is 11.6. The van der Waals surface area contributed by atoms with Crippen molar-refractivity contribution in [2.24, 2.45) is 0 Å². The Hall–Kier alpha value is -2.08. The lowest BCUT2D eigenvalue weighted by Gasteiger charge is -2.28. The van der Waals surface area contributed by atoms with Crippen LogP contribution in [0.4, 0.5) is 4.79 Å². The predicted molar refractivity (Wildman–Crippen MR) is 132 cm³/mol. The van der Waals surface area contributed by atoms with E-state index in [0.717, 1.165) is 23.0 Å². The van der Waals surface area contributed by atoms with Crippen LogP contribution in [0.15, 0.2) is 47.7 Å². The van der Waals surface area contributed by atoms with Crippen molar-refractivity contribution in [3.05, 3.63) is 64.5 Å². The van der Waals surface area contributed by atoms with E-state index in [9.17, 15) is 4.79 Å². The summed E-state index contributed by atoms with van der Waals surface area (Å²) in [6, 6.07) is 6.45. The third-order valence-electron chi connectivity index (χ3n) is 5.85. The largest absolute Gasteiger partial charge is 0.445 e. The number of aromatic nitrogens is 1. The summed E-state index contributed by atoms with van der Waals surface area (Å²) in [5, 5.41) is 1.15. The van der Waals surface area contributed by atoms with Gasteiger partial charge in [-0.05, 0) is 49.4 Å². The first-order valence-electron chi connectivity index (χ1n) is 10.5. The maximum atomic E-state index is 12.6. The van der Waals surface area contributed by atoms with Crippen molar-refractivity contribution in [2.75, 3.05) is 26.7 Å². The van der Waals surface area contributed by atoms with Crippen LogP contribution in [-0.4, -0.2) is 51.0 Å². The van der Waals surface area contributed by atoms with Crippen LogP contribution in [0.3, 0.4) is 0 Å². The SMILES string of the molecule is C/C(=C\n1c2c(c3cc(C)ccc31)CN(C(=O)OCC(Cl)(Cl)Cl)CC2)C1=CCN(C)C=C1. The lowest BCUT2D eigenvalue weighted by Crippen LogP contribution is -2.37. The zero-order chi connectivity index (χ0) is 23.0. The number of aryl methyl sites for hydroxylation is 1. The number of benzene rings is 1. The van der Waals surface area contributed by atoms with E-state index in [1.807, 2.05) is 0 Å². The summed E-state index contributed by atoms with van der Waals surface area (Å²) in [6.07, 6.45) is 8.92. The molecule has 2 aromatic rings. The summed E-state index contributed by atoms with van der Waals surface area (Å²) in [7, 11) is 2.06. The number of fused-ring (bicyclic) bond motifs is 3. The highest BCUT2D eigenvalue weighted by Crippen LogP contribution is 2.34. The second-order valence-electron chi connectivity index (χ2n) is 8.38. The molecule has 3 heterocycles. The number of carbonyl (C=O) groups excluding carboxylic acids is 1. The Labute approximate surface area is 203 Å². The van der Waals surface area contributed by atoms with Crippen LogP contribution < -0.4 is 0 Å². The minimum atomic E-state index is -1.62. The van der Waals surface area contributed by atoms with Crippen molar-refractivity contribution < 1.29 is 9.53 Å². The Bertz CT molecular complexity index is 1140. The van der Waals surface area contributed by atoms with Crippen molar-refractivity contribution in [3.63, 3.8) is 0 Å². The number of halogens is 3. The maximum Gasteiger partial charge on any atom is 0.410 e. The molecule has 2 aliphatic heterocycles. The molecule has 2 aliphatic rings. The van der Waals surface area contributed by atoms with Gasteiger partial charge in [-0.2, -0.15) is 0 Å². The molecule has 8 heteroatoms. The van der Waals surface area contributed by atoms with Gasteiger partial charge in [0.15, 0.2) is 0 Å². The highest BCUT2D eigenvalue weighted by Gasteiger charge is 2.29. The van der Waals surface area contributed by atoms with Gasteiger partial charge in [-0.3, -0.25) is 0 Å². The number of rotatable bonds is 3. The van der Waals surface area contributed by atoms with Crippen molar-refractivity contribution >= 4 is 58.0 Å². The van der Waals surface area contributed by atoms with E-state index in [0.29, 0.717) is 19.5 Å². The van der Waals surface area contributed by atoms with Gasteiger partial charge in [0.1, 0.15) is 6.61 Å². The second kappa shape index (κ2) is 9.05. The quantitative estimate of drug-likeness (QED) is 0.487. The number of allylic oxidation sites excluding steroid dienone is 3. The summed E-state index contributed by atoms with van der Waals surface area (Å²) in [5.41, 5.74) is 7.08. The van der Waals surface area contributed by atoms with Crippen molar-refractivity contribution in [2.45, 2.75) is 30.6 Å². The van der Waals surface area contributed by atoms with E-state index in [1.54, 1.807) is 4.90 Å². The molecule has 1 aromatic heterocycles. The Morgan fingerprint density at radius 1 is 1.28 bits per heavy atom. The lowest BCUT2D eigenvalue weighted by molar-refractivity contribution is 0.0994. The first kappa shape index (κ1) is 23.1. The van der Waals surface area contributed by atoms with Gasteiger partial charge >= 0.3 is 6.09 Å². The fourth-order valence-corrected chi connectivity index (χ4v) is 4.35. The minimum Gasteiger partial charge on any atom is -0.445 e. The molecule has 0 fully saturated rings. The molecule has 170 valence electrons. The van der Waals surface area contributed by atoms with E-state index < -0.39 is 9.89 Å². The molecule has 0 bridgehead atoms. The van der Waals surface area contributed by atoms with E-state index >= 15 is 0 Å². The molecule has 0 saturated carbocycles. The molecule has 0 unspecified atom stereocenters. The molecule has 0 saturated heterocycles. The fourth-order valence-electron chi connectivity index (χ4n) is 4.18. The molecule has 0 atom stereocenters. The number of likely N-dealkylation sites (N-methyl/N-ethyl adjacent to an activating group) is 1. The van der Waals surface area contributed by atoms with Gasteiger partial charge in [-0.25, -0.2) is 4.79 Å². The maximum absolute atomic E-state index is 12.6. The third-order valence-corrected chi connectivity index (χ3v) is 6.17. The van der Waals surface area contributed by atoms with Crippen LogP contribution in [0.25, 0.3) is 17.1 Å². The van der Waals surface area contributed by atoms with Crippen LogP contribution in [0.5, 0.6) is 0 Å². The molecular formula is C24H26Cl3N3O2. The van der Waals surface area contributed by atoms with Crippen LogP contribution >= 0.6 is 34.8 Å². The van der Waals surface area contributed by atoms with Gasteiger partial charge in [-0.1, -0.05) is 52.5 Å². The zero-order valence-electron chi connectivity index (χ0n) is 18.4. The predicted octanol–water partition coefficient (Wildman–Crippen LogP) is 6.06. The zero-order valence-corrected chi connectivity index (χ0v) is 20.6. The standard InChI is InChI=1S/C24H26Cl3N3O2/c1-16-4-5-21-19(12-16)20-14-29(23(31)32-15-24(25,26)27)11-8-22(20)30(21)13-17(2)18-6-9-28(3)10-7-18/h4-7,9,12-13H,8,10-11,14-15H2,1-3H3/b17-13+. The summed E-state index contributed by atoms with van der Waals surface area (Å²) < 4.78 is 5.86. The van der Waals surface area contributed by atoms with Crippen LogP contribution in [-0.2, 0) is 17.7 Å². The van der Waals surface area contributed by atoms with Gasteiger partial charge < -0.3 is 19.1 Å². The highest BCUT2D eigenvalue weighted by atomic mass is 35.6. The number of hydrogen-bond donors (Lipinski definition) is 0. The number of alkyl halides is 3. The van der Waals surface area contributed by atoms with E-state index in [2.05, 4.69) is 73.1 Å². The fraction of sp³-hybridized carbons (Fsp3) is 0.375. The molecule has 4 rings (SSSR count). The Morgan fingerprint density at radius 3 is 2.75 bits per heavy atom. The molecule has 0 N–H and O–H groups in total. The summed E-state index contributed by atoms with van der Waals surface area (Å²) in [5.74, 6) is 0. The average Bonchev–Trinajstić information content (AvgIpc) is 3.04. The van der Waals surface area contributed by atoms with Gasteiger partial charge in [0.25, 0.3) is 0 Å². The molecule has 5 nitrogen and oxygen atoms in total. The number of nitrogens with zero attached hydrogens (tertiary/aromatic N) is 3. The number of hydrogen-bond acceptors (Lipinski definition) is 3. The Kier molecular flexibility index (Phi) is 6.53. The summed E-state index contributed by atoms with van der Waals surface area (Å²) in [6.45, 7) is 5.83. The highest BCUT2D eigenvalue weighted by molar-refractivity contribution is 6.67. The average molecular weight is 495 g/mol. The summed E-state index contributed by atoms with van der Waals surface area (Å²) >= 11 is 17.2. The molecule has 32 heavy (non-hydrogen) atoms. The van der Waals surface area contributed by atoms with Gasteiger partial charge in [0.2, 0.25) is 3.79 Å². The topological polar surface area (TPSA) is 37.7 Å². The van der Waals surface area contributed by atoms with Gasteiger partial charge in [0.05, 0.1) is 12.1 Å². The van der Waals surface area contributed by atoms with Gasteiger partial charge in [-0.15, -0.1) is 0 Å².